The van der Waals surface area contributed by atoms with Crippen LogP contribution in [0.25, 0.3) is 0 Å². The fourth-order valence-corrected chi connectivity index (χ4v) is 2.56. The second kappa shape index (κ2) is 4.49. The molecule has 3 nitrogen and oxygen atoms in total. The van der Waals surface area contributed by atoms with Crippen LogP contribution >= 0.6 is 11.3 Å². The third-order valence-electron chi connectivity index (χ3n) is 2.59. The molecule has 0 bridgehead atoms. The van der Waals surface area contributed by atoms with Gasteiger partial charge in [-0.1, -0.05) is 13.8 Å². The molecule has 4 heteroatoms. The predicted octanol–water partition coefficient (Wildman–Crippen LogP) is 2.35. The van der Waals surface area contributed by atoms with Crippen molar-refractivity contribution in [2.75, 3.05) is 12.3 Å². The Morgan fingerprint density at radius 2 is 2.33 bits per heavy atom. The molecule has 0 atom stereocenters. The molecular weight excluding hydrogens is 206 g/mol. The molecule has 1 heterocycles. The Hall–Kier alpha value is -0.610. The summed E-state index contributed by atoms with van der Waals surface area (Å²) in [5, 5.41) is 0.685. The van der Waals surface area contributed by atoms with E-state index < -0.39 is 0 Å². The van der Waals surface area contributed by atoms with Crippen molar-refractivity contribution in [1.82, 2.24) is 9.88 Å². The van der Waals surface area contributed by atoms with Crippen molar-refractivity contribution >= 4 is 16.5 Å². The van der Waals surface area contributed by atoms with Gasteiger partial charge in [-0.2, -0.15) is 0 Å². The molecule has 1 fully saturated rings. The number of thiazole rings is 1. The first-order valence-corrected chi connectivity index (χ1v) is 6.41. The molecule has 0 aliphatic heterocycles. The molecule has 2 rings (SSSR count). The average molecular weight is 225 g/mol. The molecule has 1 aliphatic carbocycles. The zero-order valence-electron chi connectivity index (χ0n) is 9.44. The van der Waals surface area contributed by atoms with E-state index in [-0.39, 0.29) is 0 Å². The Kier molecular flexibility index (Phi) is 3.26. The van der Waals surface area contributed by atoms with Gasteiger partial charge in [0, 0.05) is 30.2 Å². The van der Waals surface area contributed by atoms with Crippen LogP contribution in [0.3, 0.4) is 0 Å². The number of anilines is 1. The summed E-state index contributed by atoms with van der Waals surface area (Å²) in [7, 11) is 0. The number of nitrogens with zero attached hydrogens (tertiary/aromatic N) is 2. The smallest absolute Gasteiger partial charge is 0.180 e. The second-order valence-electron chi connectivity index (χ2n) is 4.72. The predicted molar refractivity (Wildman–Crippen MR) is 64.8 cm³/mol. The van der Waals surface area contributed by atoms with Crippen LogP contribution in [0.5, 0.6) is 0 Å². The van der Waals surface area contributed by atoms with Gasteiger partial charge in [-0.25, -0.2) is 4.98 Å². The molecule has 84 valence electrons. The van der Waals surface area contributed by atoms with Gasteiger partial charge in [0.25, 0.3) is 0 Å². The van der Waals surface area contributed by atoms with Crippen LogP contribution in [0.2, 0.25) is 0 Å². The van der Waals surface area contributed by atoms with E-state index in [1.54, 1.807) is 11.3 Å². The maximum Gasteiger partial charge on any atom is 0.180 e. The number of aromatic nitrogens is 1. The first kappa shape index (κ1) is 10.9. The summed E-state index contributed by atoms with van der Waals surface area (Å²) >= 11 is 1.61. The van der Waals surface area contributed by atoms with Gasteiger partial charge in [0.05, 0.1) is 0 Å². The SMILES string of the molecule is CC(C)CN(Cc1cnc(N)s1)C1CC1. The summed E-state index contributed by atoms with van der Waals surface area (Å²) in [6, 6.07) is 0.815. The molecule has 0 spiro atoms. The van der Waals surface area contributed by atoms with E-state index in [0.29, 0.717) is 5.13 Å². The monoisotopic (exact) mass is 225 g/mol. The van der Waals surface area contributed by atoms with Crippen LogP contribution in [-0.4, -0.2) is 22.5 Å². The highest BCUT2D eigenvalue weighted by Gasteiger charge is 2.29. The molecule has 0 amide bonds. The van der Waals surface area contributed by atoms with Crippen molar-refractivity contribution in [3.63, 3.8) is 0 Å². The Labute approximate surface area is 95.3 Å². The van der Waals surface area contributed by atoms with Crippen LogP contribution in [-0.2, 0) is 6.54 Å². The normalized spacial score (nSPS) is 16.5. The van der Waals surface area contributed by atoms with E-state index in [2.05, 4.69) is 23.7 Å². The lowest BCUT2D eigenvalue weighted by Crippen LogP contribution is -2.29. The number of hydrogen-bond donors (Lipinski definition) is 1. The average Bonchev–Trinajstić information content (AvgIpc) is 2.90. The minimum absolute atomic E-state index is 0.685. The zero-order chi connectivity index (χ0) is 10.8. The Balaban J connectivity index is 1.94. The van der Waals surface area contributed by atoms with Crippen LogP contribution in [0.1, 0.15) is 31.6 Å². The van der Waals surface area contributed by atoms with Crippen LogP contribution in [0.15, 0.2) is 6.20 Å². The number of rotatable bonds is 5. The Morgan fingerprint density at radius 1 is 1.60 bits per heavy atom. The molecule has 1 aliphatic rings. The fourth-order valence-electron chi connectivity index (χ4n) is 1.85. The first-order valence-electron chi connectivity index (χ1n) is 5.59. The van der Waals surface area contributed by atoms with Gasteiger partial charge in [0.1, 0.15) is 0 Å². The van der Waals surface area contributed by atoms with E-state index >= 15 is 0 Å². The van der Waals surface area contributed by atoms with Crippen molar-refractivity contribution in [1.29, 1.82) is 0 Å². The Morgan fingerprint density at radius 3 is 2.80 bits per heavy atom. The summed E-state index contributed by atoms with van der Waals surface area (Å²) < 4.78 is 0. The number of nitrogen functional groups attached to an aromatic ring is 1. The summed E-state index contributed by atoms with van der Waals surface area (Å²) in [6.45, 7) is 6.76. The molecule has 2 N–H and O–H groups in total. The summed E-state index contributed by atoms with van der Waals surface area (Å²) in [4.78, 5) is 7.96. The molecule has 1 aromatic rings. The number of hydrogen-bond acceptors (Lipinski definition) is 4. The molecule has 0 radical (unpaired) electrons. The van der Waals surface area contributed by atoms with Gasteiger partial charge in [-0.05, 0) is 18.8 Å². The summed E-state index contributed by atoms with van der Waals surface area (Å²) in [5.41, 5.74) is 5.64. The van der Waals surface area contributed by atoms with Crippen molar-refractivity contribution in [3.05, 3.63) is 11.1 Å². The highest BCUT2D eigenvalue weighted by molar-refractivity contribution is 7.15. The molecule has 0 aromatic carbocycles. The maximum absolute atomic E-state index is 5.64. The highest BCUT2D eigenvalue weighted by atomic mass is 32.1. The summed E-state index contributed by atoms with van der Waals surface area (Å²) in [5.74, 6) is 0.732. The van der Waals surface area contributed by atoms with Gasteiger partial charge >= 0.3 is 0 Å². The van der Waals surface area contributed by atoms with Crippen molar-refractivity contribution in [2.24, 2.45) is 5.92 Å². The molecule has 15 heavy (non-hydrogen) atoms. The molecule has 1 saturated carbocycles. The van der Waals surface area contributed by atoms with Crippen molar-refractivity contribution < 1.29 is 0 Å². The third kappa shape index (κ3) is 3.18. The van der Waals surface area contributed by atoms with Gasteiger partial charge in [-0.15, -0.1) is 11.3 Å². The minimum atomic E-state index is 0.685. The summed E-state index contributed by atoms with van der Waals surface area (Å²) in [6.07, 6.45) is 4.64. The quantitative estimate of drug-likeness (QED) is 0.836. The van der Waals surface area contributed by atoms with Crippen molar-refractivity contribution in [2.45, 2.75) is 39.3 Å². The van der Waals surface area contributed by atoms with Crippen LogP contribution in [0, 0.1) is 5.92 Å². The topological polar surface area (TPSA) is 42.2 Å². The molecule has 0 saturated heterocycles. The minimum Gasteiger partial charge on any atom is -0.375 e. The van der Waals surface area contributed by atoms with E-state index in [0.717, 1.165) is 18.5 Å². The lowest BCUT2D eigenvalue weighted by Gasteiger charge is -2.22. The lowest BCUT2D eigenvalue weighted by atomic mass is 10.2. The number of nitrogens with two attached hydrogens (primary N) is 1. The zero-order valence-corrected chi connectivity index (χ0v) is 10.3. The fraction of sp³-hybridized carbons (Fsp3) is 0.727. The maximum atomic E-state index is 5.64. The van der Waals surface area contributed by atoms with Gasteiger partial charge in [-0.3, -0.25) is 4.90 Å². The van der Waals surface area contributed by atoms with E-state index in [1.165, 1.54) is 24.3 Å². The Bertz CT molecular complexity index is 317. The van der Waals surface area contributed by atoms with Gasteiger partial charge < -0.3 is 5.73 Å². The molecule has 1 aromatic heterocycles. The molecular formula is C11H19N3S. The van der Waals surface area contributed by atoms with Crippen LogP contribution < -0.4 is 5.73 Å². The lowest BCUT2D eigenvalue weighted by molar-refractivity contribution is 0.228. The van der Waals surface area contributed by atoms with E-state index in [4.69, 9.17) is 5.73 Å². The second-order valence-corrected chi connectivity index (χ2v) is 5.87. The van der Waals surface area contributed by atoms with Gasteiger partial charge in [0.15, 0.2) is 5.13 Å². The third-order valence-corrected chi connectivity index (χ3v) is 3.40. The largest absolute Gasteiger partial charge is 0.375 e. The highest BCUT2D eigenvalue weighted by Crippen LogP contribution is 2.30. The van der Waals surface area contributed by atoms with Crippen molar-refractivity contribution in [3.8, 4) is 0 Å². The van der Waals surface area contributed by atoms with Crippen LogP contribution in [0.4, 0.5) is 5.13 Å². The van der Waals surface area contributed by atoms with E-state index in [9.17, 15) is 0 Å². The van der Waals surface area contributed by atoms with Gasteiger partial charge in [0.2, 0.25) is 0 Å². The first-order chi connectivity index (χ1) is 7.15. The standard InChI is InChI=1S/C11H19N3S/c1-8(2)6-14(9-3-4-9)7-10-5-13-11(12)15-10/h5,8-9H,3-4,6-7H2,1-2H3,(H2,12,13). The molecule has 0 unspecified atom stereocenters. The van der Waals surface area contributed by atoms with E-state index in [1.807, 2.05) is 6.20 Å².